The maximum Gasteiger partial charge on any atom is 0.232 e. The highest BCUT2D eigenvalue weighted by molar-refractivity contribution is 7.08. The van der Waals surface area contributed by atoms with Crippen molar-refractivity contribution >= 4 is 22.9 Å². The second-order valence-electron chi connectivity index (χ2n) is 6.37. The molecule has 2 aromatic heterocycles. The van der Waals surface area contributed by atoms with E-state index in [1.54, 1.807) is 17.5 Å². The molecule has 24 heavy (non-hydrogen) atoms. The van der Waals surface area contributed by atoms with Crippen LogP contribution in [-0.2, 0) is 16.1 Å². The van der Waals surface area contributed by atoms with Gasteiger partial charge in [0.25, 0.3) is 0 Å². The maximum absolute atomic E-state index is 13.0. The van der Waals surface area contributed by atoms with E-state index in [0.717, 1.165) is 31.7 Å². The topological polar surface area (TPSA) is 45.7 Å². The first-order valence-corrected chi connectivity index (χ1v) is 9.32. The number of aromatic nitrogens is 1. The van der Waals surface area contributed by atoms with Crippen molar-refractivity contribution in [3.63, 3.8) is 0 Å². The summed E-state index contributed by atoms with van der Waals surface area (Å²) in [4.78, 5) is 21.4. The highest BCUT2D eigenvalue weighted by atomic mass is 32.1. The molecule has 0 N–H and O–H groups in total. The minimum Gasteiger partial charge on any atom is -0.374 e. The average molecular weight is 343 g/mol. The van der Waals surface area contributed by atoms with Crippen LogP contribution in [0.5, 0.6) is 0 Å². The molecule has 0 saturated carbocycles. The summed E-state index contributed by atoms with van der Waals surface area (Å²) in [5.41, 5.74) is 2.21. The summed E-state index contributed by atoms with van der Waals surface area (Å²) in [5, 5.41) is 4.05. The molecule has 0 unspecified atom stereocenters. The first-order valence-electron chi connectivity index (χ1n) is 8.38. The molecule has 2 aliphatic heterocycles. The number of hydrogen-bond donors (Lipinski definition) is 0. The molecule has 0 bridgehead atoms. The molecule has 6 heteroatoms. The summed E-state index contributed by atoms with van der Waals surface area (Å²) in [5.74, 6) is 0.189. The summed E-state index contributed by atoms with van der Waals surface area (Å²) in [6.07, 6.45) is 4.54. The lowest BCUT2D eigenvalue weighted by atomic mass is 9.92. The van der Waals surface area contributed by atoms with Crippen LogP contribution in [0.15, 0.2) is 41.4 Å². The van der Waals surface area contributed by atoms with Gasteiger partial charge in [0.05, 0.1) is 24.3 Å². The zero-order valence-electron chi connectivity index (χ0n) is 13.5. The van der Waals surface area contributed by atoms with Crippen molar-refractivity contribution in [3.8, 4) is 0 Å². The lowest BCUT2D eigenvalue weighted by Crippen LogP contribution is -2.49. The van der Waals surface area contributed by atoms with Gasteiger partial charge in [-0.15, -0.1) is 0 Å². The predicted molar refractivity (Wildman–Crippen MR) is 94.0 cm³/mol. The Labute approximate surface area is 145 Å². The molecule has 2 aliphatic rings. The molecular formula is C18H21N3O2S. The number of pyridine rings is 1. The zero-order valence-corrected chi connectivity index (χ0v) is 14.3. The highest BCUT2D eigenvalue weighted by Crippen LogP contribution is 2.29. The summed E-state index contributed by atoms with van der Waals surface area (Å²) < 4.78 is 6.06. The van der Waals surface area contributed by atoms with Crippen LogP contribution in [-0.4, -0.2) is 48.1 Å². The standard InChI is InChI=1S/C18H21N3O2S/c22-18-16-3-6-20(11-14-2-1-5-19-10-14)12-17(16)23-8-7-21(18)15-4-9-24-13-15/h1-2,4-5,9-10,13,16-17H,3,6-8,11-12H2/t16-,17+/m1/s1. The fraction of sp³-hybridized carbons (Fsp3) is 0.444. The molecule has 2 saturated heterocycles. The second kappa shape index (κ2) is 7.01. The Morgan fingerprint density at radius 1 is 1.33 bits per heavy atom. The molecule has 0 aliphatic carbocycles. The van der Waals surface area contributed by atoms with Crippen molar-refractivity contribution in [3.05, 3.63) is 46.9 Å². The third-order valence-electron chi connectivity index (χ3n) is 4.82. The van der Waals surface area contributed by atoms with Gasteiger partial charge in [0, 0.05) is 37.4 Å². The van der Waals surface area contributed by atoms with Gasteiger partial charge in [-0.05, 0) is 36.0 Å². The maximum atomic E-state index is 13.0. The normalized spacial score (nSPS) is 25.3. The predicted octanol–water partition coefficient (Wildman–Crippen LogP) is 2.40. The van der Waals surface area contributed by atoms with Crippen LogP contribution in [0.4, 0.5) is 5.69 Å². The number of thiophene rings is 1. The Bertz CT molecular complexity index is 677. The second-order valence-corrected chi connectivity index (χ2v) is 7.15. The largest absolute Gasteiger partial charge is 0.374 e. The van der Waals surface area contributed by atoms with Crippen LogP contribution in [0.25, 0.3) is 0 Å². The number of nitrogens with zero attached hydrogens (tertiary/aromatic N) is 3. The van der Waals surface area contributed by atoms with E-state index in [9.17, 15) is 4.79 Å². The SMILES string of the molecule is O=C1[C@@H]2CCN(Cc3cccnc3)C[C@@H]2OCCN1c1ccsc1. The van der Waals surface area contributed by atoms with Crippen molar-refractivity contribution < 1.29 is 9.53 Å². The zero-order chi connectivity index (χ0) is 16.4. The molecular weight excluding hydrogens is 322 g/mol. The number of amides is 1. The number of rotatable bonds is 3. The van der Waals surface area contributed by atoms with Gasteiger partial charge in [0.1, 0.15) is 0 Å². The van der Waals surface area contributed by atoms with Gasteiger partial charge in [0.2, 0.25) is 5.91 Å². The molecule has 1 amide bonds. The smallest absolute Gasteiger partial charge is 0.232 e. The van der Waals surface area contributed by atoms with E-state index in [0.29, 0.717) is 13.2 Å². The quantitative estimate of drug-likeness (QED) is 0.858. The Morgan fingerprint density at radius 2 is 2.29 bits per heavy atom. The Morgan fingerprint density at radius 3 is 3.08 bits per heavy atom. The first kappa shape index (κ1) is 15.7. The number of carbonyl (C=O) groups is 1. The van der Waals surface area contributed by atoms with Crippen LogP contribution in [0.2, 0.25) is 0 Å². The van der Waals surface area contributed by atoms with Crippen molar-refractivity contribution in [2.75, 3.05) is 31.1 Å². The van der Waals surface area contributed by atoms with Crippen LogP contribution < -0.4 is 4.90 Å². The van der Waals surface area contributed by atoms with Crippen molar-refractivity contribution in [2.45, 2.75) is 19.1 Å². The number of piperidine rings is 1. The number of fused-ring (bicyclic) bond motifs is 1. The van der Waals surface area contributed by atoms with E-state index in [1.165, 1.54) is 5.56 Å². The lowest BCUT2D eigenvalue weighted by Gasteiger charge is -2.37. The van der Waals surface area contributed by atoms with E-state index in [2.05, 4.69) is 16.0 Å². The van der Waals surface area contributed by atoms with E-state index in [1.807, 2.05) is 34.0 Å². The Balaban J connectivity index is 1.45. The number of hydrogen-bond acceptors (Lipinski definition) is 5. The third-order valence-corrected chi connectivity index (χ3v) is 5.49. The fourth-order valence-electron chi connectivity index (χ4n) is 3.60. The van der Waals surface area contributed by atoms with Crippen LogP contribution in [0.3, 0.4) is 0 Å². The summed E-state index contributed by atoms with van der Waals surface area (Å²) in [6, 6.07) is 6.07. The van der Waals surface area contributed by atoms with Crippen LogP contribution in [0.1, 0.15) is 12.0 Å². The monoisotopic (exact) mass is 343 g/mol. The van der Waals surface area contributed by atoms with Crippen molar-refractivity contribution in [1.29, 1.82) is 0 Å². The lowest BCUT2D eigenvalue weighted by molar-refractivity contribution is -0.128. The van der Waals surface area contributed by atoms with Gasteiger partial charge in [-0.3, -0.25) is 14.7 Å². The molecule has 0 radical (unpaired) electrons. The van der Waals surface area contributed by atoms with Crippen molar-refractivity contribution in [2.24, 2.45) is 5.92 Å². The minimum atomic E-state index is -0.0300. The third kappa shape index (κ3) is 3.22. The highest BCUT2D eigenvalue weighted by Gasteiger charge is 2.39. The van der Waals surface area contributed by atoms with Gasteiger partial charge in [0.15, 0.2) is 0 Å². The molecule has 5 nitrogen and oxygen atoms in total. The van der Waals surface area contributed by atoms with E-state index < -0.39 is 0 Å². The van der Waals surface area contributed by atoms with Gasteiger partial charge in [-0.1, -0.05) is 6.07 Å². The molecule has 126 valence electrons. The average Bonchev–Trinajstić information content (AvgIpc) is 3.08. The molecule has 2 atom stereocenters. The number of anilines is 1. The van der Waals surface area contributed by atoms with Gasteiger partial charge >= 0.3 is 0 Å². The van der Waals surface area contributed by atoms with E-state index in [4.69, 9.17) is 4.74 Å². The molecule has 2 aromatic rings. The van der Waals surface area contributed by atoms with Crippen LogP contribution >= 0.6 is 11.3 Å². The molecule has 0 spiro atoms. The molecule has 4 rings (SSSR count). The Hall–Kier alpha value is -1.76. The van der Waals surface area contributed by atoms with Gasteiger partial charge in [-0.2, -0.15) is 11.3 Å². The summed E-state index contributed by atoms with van der Waals surface area (Å²) in [6.45, 7) is 3.84. The summed E-state index contributed by atoms with van der Waals surface area (Å²) >= 11 is 1.62. The first-order chi connectivity index (χ1) is 11.8. The van der Waals surface area contributed by atoms with Gasteiger partial charge in [-0.25, -0.2) is 0 Å². The Kier molecular flexibility index (Phi) is 4.60. The molecule has 4 heterocycles. The van der Waals surface area contributed by atoms with Gasteiger partial charge < -0.3 is 9.64 Å². The number of ether oxygens (including phenoxy) is 1. The number of likely N-dealkylation sites (tertiary alicyclic amines) is 1. The van der Waals surface area contributed by atoms with E-state index >= 15 is 0 Å². The number of carbonyl (C=O) groups excluding carboxylic acids is 1. The van der Waals surface area contributed by atoms with E-state index in [-0.39, 0.29) is 17.9 Å². The van der Waals surface area contributed by atoms with Crippen molar-refractivity contribution in [1.82, 2.24) is 9.88 Å². The minimum absolute atomic E-state index is 0.00782. The molecule has 2 fully saturated rings. The molecule has 0 aromatic carbocycles. The van der Waals surface area contributed by atoms with Crippen LogP contribution in [0, 0.1) is 5.92 Å². The fourth-order valence-corrected chi connectivity index (χ4v) is 4.24. The summed E-state index contributed by atoms with van der Waals surface area (Å²) in [7, 11) is 0.